The van der Waals surface area contributed by atoms with Gasteiger partial charge in [0, 0.05) is 32.4 Å². The normalized spacial score (nSPS) is 21.2. The second-order valence-corrected chi connectivity index (χ2v) is 8.49. The fraction of sp³-hybridized carbons (Fsp3) is 0.364. The molecule has 2 saturated heterocycles. The van der Waals surface area contributed by atoms with E-state index in [1.807, 2.05) is 11.0 Å². The number of methoxy groups -OCH3 is 1. The summed E-state index contributed by atoms with van der Waals surface area (Å²) >= 11 is 5.89. The fourth-order valence-corrected chi connectivity index (χ4v) is 4.03. The molecule has 0 bridgehead atoms. The Bertz CT molecular complexity index is 1040. The molecule has 2 N–H and O–H groups in total. The Kier molecular flexibility index (Phi) is 6.39. The van der Waals surface area contributed by atoms with Crippen LogP contribution in [0.5, 0.6) is 5.75 Å². The quantitative estimate of drug-likeness (QED) is 0.611. The molecule has 10 nitrogen and oxygen atoms in total. The maximum Gasteiger partial charge on any atom is 0.344 e. The van der Waals surface area contributed by atoms with Crippen molar-refractivity contribution in [3.05, 3.63) is 53.2 Å². The maximum atomic E-state index is 13.0. The van der Waals surface area contributed by atoms with E-state index in [9.17, 15) is 14.4 Å². The van der Waals surface area contributed by atoms with Crippen molar-refractivity contribution in [1.82, 2.24) is 25.6 Å². The molecule has 2 aliphatic rings. The van der Waals surface area contributed by atoms with Crippen LogP contribution in [-0.4, -0.2) is 72.6 Å². The third-order valence-corrected chi connectivity index (χ3v) is 6.09. The predicted molar refractivity (Wildman–Crippen MR) is 122 cm³/mol. The Balaban J connectivity index is 1.32. The molecule has 174 valence electrons. The lowest BCUT2D eigenvalue weighted by Gasteiger charge is -2.35. The van der Waals surface area contributed by atoms with Gasteiger partial charge in [0.15, 0.2) is 0 Å². The molecule has 2 aromatic rings. The van der Waals surface area contributed by atoms with Crippen LogP contribution >= 0.6 is 11.6 Å². The number of ether oxygens (including phenoxy) is 1. The molecule has 1 unspecified atom stereocenters. The smallest absolute Gasteiger partial charge is 0.344 e. The number of imide groups is 1. The summed E-state index contributed by atoms with van der Waals surface area (Å²) in [7, 11) is 1.55. The molecule has 4 rings (SSSR count). The molecule has 0 radical (unpaired) electrons. The van der Waals surface area contributed by atoms with Crippen LogP contribution in [0.15, 0.2) is 42.6 Å². The van der Waals surface area contributed by atoms with Crippen molar-refractivity contribution in [3.63, 3.8) is 0 Å². The zero-order valence-corrected chi connectivity index (χ0v) is 19.1. The van der Waals surface area contributed by atoms with Gasteiger partial charge in [-0.25, -0.2) is 9.78 Å². The van der Waals surface area contributed by atoms with Crippen LogP contribution in [0, 0.1) is 0 Å². The van der Waals surface area contributed by atoms with Crippen LogP contribution in [0.4, 0.5) is 10.6 Å². The van der Waals surface area contributed by atoms with Crippen LogP contribution in [0.1, 0.15) is 12.5 Å². The summed E-state index contributed by atoms with van der Waals surface area (Å²) in [5, 5.41) is 4.00. The van der Waals surface area contributed by atoms with Gasteiger partial charge in [0.25, 0.3) is 11.8 Å². The van der Waals surface area contributed by atoms with E-state index in [4.69, 9.17) is 16.3 Å². The van der Waals surface area contributed by atoms with E-state index in [1.54, 1.807) is 50.6 Å². The molecule has 1 aromatic carbocycles. The van der Waals surface area contributed by atoms with Crippen molar-refractivity contribution in [2.24, 2.45) is 0 Å². The van der Waals surface area contributed by atoms with Gasteiger partial charge < -0.3 is 15.0 Å². The van der Waals surface area contributed by atoms with Gasteiger partial charge >= 0.3 is 6.03 Å². The van der Waals surface area contributed by atoms with Crippen molar-refractivity contribution in [2.45, 2.75) is 12.5 Å². The first-order valence-corrected chi connectivity index (χ1v) is 10.9. The highest BCUT2D eigenvalue weighted by Crippen LogP contribution is 2.29. The summed E-state index contributed by atoms with van der Waals surface area (Å²) in [5.74, 6) is 0.483. The summed E-state index contributed by atoms with van der Waals surface area (Å²) in [6, 6.07) is 9.81. The van der Waals surface area contributed by atoms with Gasteiger partial charge in [0.1, 0.15) is 17.1 Å². The number of carbonyl (C=O) groups excluding carboxylic acids is 3. The topological polar surface area (TPSA) is 107 Å². The molecule has 2 fully saturated rings. The number of halogens is 1. The van der Waals surface area contributed by atoms with E-state index in [1.165, 1.54) is 0 Å². The van der Waals surface area contributed by atoms with Gasteiger partial charge in [-0.2, -0.15) is 5.01 Å². The number of hydrogen-bond acceptors (Lipinski definition) is 7. The number of aromatic nitrogens is 1. The summed E-state index contributed by atoms with van der Waals surface area (Å²) in [5.41, 5.74) is 1.75. The molecule has 4 amide bonds. The van der Waals surface area contributed by atoms with Crippen molar-refractivity contribution >= 4 is 35.3 Å². The number of anilines is 1. The SMILES string of the molecule is COc1ccc(C2(C)NC(=O)N(NC(=O)CN3CCN(c4ccc(Cl)cn4)CC3)C2=O)cc1. The van der Waals surface area contributed by atoms with Crippen LogP contribution in [0.25, 0.3) is 0 Å². The Hall–Kier alpha value is -3.37. The first-order valence-electron chi connectivity index (χ1n) is 10.5. The number of hydrazine groups is 1. The second-order valence-electron chi connectivity index (χ2n) is 8.06. The molecular formula is C22H25ClN6O4. The average molecular weight is 473 g/mol. The van der Waals surface area contributed by atoms with Gasteiger partial charge in [-0.1, -0.05) is 23.7 Å². The van der Waals surface area contributed by atoms with E-state index >= 15 is 0 Å². The van der Waals surface area contributed by atoms with E-state index in [0.29, 0.717) is 42.5 Å². The summed E-state index contributed by atoms with van der Waals surface area (Å²) < 4.78 is 5.14. The number of pyridine rings is 1. The number of carbonyl (C=O) groups is 3. The van der Waals surface area contributed by atoms with Crippen LogP contribution in [0.2, 0.25) is 5.02 Å². The number of urea groups is 1. The lowest BCUT2D eigenvalue weighted by atomic mass is 9.92. The zero-order valence-electron chi connectivity index (χ0n) is 18.4. The Morgan fingerprint density at radius 3 is 2.45 bits per heavy atom. The van der Waals surface area contributed by atoms with Gasteiger partial charge in [0.2, 0.25) is 0 Å². The monoisotopic (exact) mass is 472 g/mol. The highest BCUT2D eigenvalue weighted by atomic mass is 35.5. The molecule has 0 aliphatic carbocycles. The Morgan fingerprint density at radius 1 is 1.15 bits per heavy atom. The molecule has 33 heavy (non-hydrogen) atoms. The van der Waals surface area contributed by atoms with Gasteiger partial charge in [-0.3, -0.25) is 19.9 Å². The lowest BCUT2D eigenvalue weighted by Crippen LogP contribution is -2.53. The van der Waals surface area contributed by atoms with E-state index in [2.05, 4.69) is 20.6 Å². The summed E-state index contributed by atoms with van der Waals surface area (Å²) in [6.07, 6.45) is 1.61. The van der Waals surface area contributed by atoms with Crippen LogP contribution in [-0.2, 0) is 15.1 Å². The molecule has 2 aliphatic heterocycles. The molecular weight excluding hydrogens is 448 g/mol. The number of nitrogens with one attached hydrogen (secondary N) is 2. The van der Waals surface area contributed by atoms with Crippen molar-refractivity contribution in [1.29, 1.82) is 0 Å². The van der Waals surface area contributed by atoms with Gasteiger partial charge in [0.05, 0.1) is 18.7 Å². The zero-order chi connectivity index (χ0) is 23.6. The number of amides is 4. The molecule has 1 aromatic heterocycles. The van der Waals surface area contributed by atoms with Crippen molar-refractivity contribution in [3.8, 4) is 5.75 Å². The average Bonchev–Trinajstić information content (AvgIpc) is 3.04. The van der Waals surface area contributed by atoms with Crippen molar-refractivity contribution in [2.75, 3.05) is 44.7 Å². The van der Waals surface area contributed by atoms with Gasteiger partial charge in [-0.15, -0.1) is 0 Å². The third kappa shape index (κ3) is 4.71. The molecule has 3 heterocycles. The second kappa shape index (κ2) is 9.24. The molecule has 0 saturated carbocycles. The number of hydrogen-bond donors (Lipinski definition) is 2. The van der Waals surface area contributed by atoms with Crippen LogP contribution in [0.3, 0.4) is 0 Å². The minimum atomic E-state index is -1.28. The Morgan fingerprint density at radius 2 is 1.85 bits per heavy atom. The lowest BCUT2D eigenvalue weighted by molar-refractivity contribution is -0.139. The summed E-state index contributed by atoms with van der Waals surface area (Å²) in [4.78, 5) is 46.5. The largest absolute Gasteiger partial charge is 0.497 e. The third-order valence-electron chi connectivity index (χ3n) is 5.87. The highest BCUT2D eigenvalue weighted by Gasteiger charge is 2.50. The maximum absolute atomic E-state index is 13.0. The molecule has 11 heteroatoms. The van der Waals surface area contributed by atoms with E-state index in [0.717, 1.165) is 10.8 Å². The van der Waals surface area contributed by atoms with Crippen LogP contribution < -0.4 is 20.4 Å². The van der Waals surface area contributed by atoms with Gasteiger partial charge in [-0.05, 0) is 36.8 Å². The number of nitrogens with zero attached hydrogens (tertiary/aromatic N) is 4. The Labute approximate surface area is 196 Å². The number of piperazine rings is 1. The first kappa shape index (κ1) is 22.8. The standard InChI is InChI=1S/C22H25ClN6O4/c1-22(15-3-6-17(33-2)7-4-15)20(31)29(21(32)25-22)26-19(30)14-27-9-11-28(12-10-27)18-8-5-16(23)13-24-18/h3-8,13H,9-12,14H2,1-2H3,(H,25,32)(H,26,30). The molecule has 1 atom stereocenters. The van der Waals surface area contributed by atoms with E-state index < -0.39 is 23.4 Å². The fourth-order valence-electron chi connectivity index (χ4n) is 3.91. The number of benzene rings is 1. The summed E-state index contributed by atoms with van der Waals surface area (Å²) in [6.45, 7) is 4.34. The number of rotatable bonds is 6. The van der Waals surface area contributed by atoms with Crippen molar-refractivity contribution < 1.29 is 19.1 Å². The van der Waals surface area contributed by atoms with E-state index in [-0.39, 0.29) is 6.54 Å². The highest BCUT2D eigenvalue weighted by molar-refractivity contribution is 6.30. The predicted octanol–water partition coefficient (Wildman–Crippen LogP) is 1.36. The first-order chi connectivity index (χ1) is 15.8. The minimum absolute atomic E-state index is 0.0677. The minimum Gasteiger partial charge on any atom is -0.497 e. The molecule has 0 spiro atoms.